The van der Waals surface area contributed by atoms with Gasteiger partial charge >= 0.3 is 0 Å². The number of hydrogen-bond donors (Lipinski definition) is 2. The maximum Gasteiger partial charge on any atom is 0.269 e. The quantitative estimate of drug-likeness (QED) is 0.335. The SMILES string of the molecule is Cc1ccc(C(=O)NNC(=O)CSc2nnc(-c3ccccc3F)n2-c2ccccc2)cc1. The minimum absolute atomic E-state index is 0.0313. The van der Waals surface area contributed by atoms with Crippen LogP contribution in [0.3, 0.4) is 0 Å². The first kappa shape index (κ1) is 22.2. The first-order valence-corrected chi connectivity index (χ1v) is 11.1. The topological polar surface area (TPSA) is 88.9 Å². The Morgan fingerprint density at radius 3 is 2.33 bits per heavy atom. The van der Waals surface area contributed by atoms with Gasteiger partial charge in [0.15, 0.2) is 11.0 Å². The molecule has 0 atom stereocenters. The summed E-state index contributed by atoms with van der Waals surface area (Å²) in [4.78, 5) is 24.5. The van der Waals surface area contributed by atoms with Crippen LogP contribution in [0.2, 0.25) is 0 Å². The number of amides is 2. The normalized spacial score (nSPS) is 10.6. The van der Waals surface area contributed by atoms with E-state index in [0.717, 1.165) is 23.0 Å². The third-order valence-corrected chi connectivity index (χ3v) is 5.65. The second kappa shape index (κ2) is 10.1. The summed E-state index contributed by atoms with van der Waals surface area (Å²) < 4.78 is 16.1. The van der Waals surface area contributed by atoms with Crippen molar-refractivity contribution in [1.29, 1.82) is 0 Å². The molecule has 0 unspecified atom stereocenters. The van der Waals surface area contributed by atoms with Crippen LogP contribution in [0.1, 0.15) is 15.9 Å². The molecule has 3 aromatic carbocycles. The number of halogens is 1. The molecule has 0 aliphatic heterocycles. The summed E-state index contributed by atoms with van der Waals surface area (Å²) in [5.41, 5.74) is 7.29. The fourth-order valence-electron chi connectivity index (χ4n) is 3.06. The molecule has 0 aliphatic rings. The zero-order chi connectivity index (χ0) is 23.2. The maximum absolute atomic E-state index is 14.4. The lowest BCUT2D eigenvalue weighted by Crippen LogP contribution is -2.42. The summed E-state index contributed by atoms with van der Waals surface area (Å²) >= 11 is 1.12. The number of hydrazine groups is 1. The highest BCUT2D eigenvalue weighted by atomic mass is 32.2. The van der Waals surface area contributed by atoms with Crippen molar-refractivity contribution in [2.75, 3.05) is 5.75 Å². The third kappa shape index (κ3) is 5.27. The van der Waals surface area contributed by atoms with Crippen molar-refractivity contribution in [3.05, 3.63) is 95.8 Å². The molecule has 0 radical (unpaired) electrons. The molecule has 1 heterocycles. The van der Waals surface area contributed by atoms with Crippen molar-refractivity contribution in [3.8, 4) is 17.1 Å². The first-order chi connectivity index (χ1) is 16.0. The molecule has 0 saturated heterocycles. The first-order valence-electron chi connectivity index (χ1n) is 10.1. The summed E-state index contributed by atoms with van der Waals surface area (Å²) in [5.74, 6) is -0.959. The second-order valence-corrected chi connectivity index (χ2v) is 8.06. The standard InChI is InChI=1S/C24H20FN5O2S/c1-16-11-13-17(14-12-16)23(32)28-26-21(31)15-33-24-29-27-22(19-9-5-6-10-20(19)25)30(24)18-7-3-2-4-8-18/h2-14H,15H2,1H3,(H,26,31)(H,28,32). The van der Waals surface area contributed by atoms with E-state index in [9.17, 15) is 14.0 Å². The highest BCUT2D eigenvalue weighted by Gasteiger charge is 2.19. The minimum Gasteiger partial charge on any atom is -0.272 e. The van der Waals surface area contributed by atoms with E-state index >= 15 is 0 Å². The van der Waals surface area contributed by atoms with Gasteiger partial charge < -0.3 is 0 Å². The number of carbonyl (C=O) groups is 2. The minimum atomic E-state index is -0.421. The molecular formula is C24H20FN5O2S. The van der Waals surface area contributed by atoms with Gasteiger partial charge in [-0.3, -0.25) is 25.0 Å². The van der Waals surface area contributed by atoms with Gasteiger partial charge in [-0.05, 0) is 43.3 Å². The number of aryl methyl sites for hydroxylation is 1. The molecule has 4 rings (SSSR count). The van der Waals surface area contributed by atoms with Crippen molar-refractivity contribution in [2.45, 2.75) is 12.1 Å². The van der Waals surface area contributed by atoms with Crippen LogP contribution >= 0.6 is 11.8 Å². The lowest BCUT2D eigenvalue weighted by atomic mass is 10.1. The molecule has 0 spiro atoms. The number of rotatable bonds is 6. The number of benzene rings is 3. The van der Waals surface area contributed by atoms with E-state index < -0.39 is 17.6 Å². The van der Waals surface area contributed by atoms with Crippen LogP contribution < -0.4 is 10.9 Å². The van der Waals surface area contributed by atoms with Crippen LogP contribution in [0, 0.1) is 12.7 Å². The van der Waals surface area contributed by atoms with Gasteiger partial charge in [0.25, 0.3) is 5.91 Å². The van der Waals surface area contributed by atoms with Gasteiger partial charge in [0, 0.05) is 11.3 Å². The molecular weight excluding hydrogens is 441 g/mol. The van der Waals surface area contributed by atoms with Crippen LogP contribution in [0.15, 0.2) is 84.0 Å². The van der Waals surface area contributed by atoms with Crippen LogP contribution in [0.25, 0.3) is 17.1 Å². The van der Waals surface area contributed by atoms with Crippen molar-refractivity contribution in [1.82, 2.24) is 25.6 Å². The van der Waals surface area contributed by atoms with E-state index in [1.807, 2.05) is 49.4 Å². The Bertz CT molecular complexity index is 1280. The van der Waals surface area contributed by atoms with Gasteiger partial charge in [0.2, 0.25) is 5.91 Å². The average molecular weight is 462 g/mol. The number of aromatic nitrogens is 3. The van der Waals surface area contributed by atoms with E-state index in [-0.39, 0.29) is 5.75 Å². The summed E-state index contributed by atoms with van der Waals surface area (Å²) in [6.45, 7) is 1.92. The van der Waals surface area contributed by atoms with Gasteiger partial charge in [-0.1, -0.05) is 59.8 Å². The smallest absolute Gasteiger partial charge is 0.269 e. The van der Waals surface area contributed by atoms with Gasteiger partial charge in [0.1, 0.15) is 5.82 Å². The number of hydrogen-bond acceptors (Lipinski definition) is 5. The molecule has 0 bridgehead atoms. The zero-order valence-electron chi connectivity index (χ0n) is 17.7. The number of thioether (sulfide) groups is 1. The highest BCUT2D eigenvalue weighted by molar-refractivity contribution is 7.99. The van der Waals surface area contributed by atoms with E-state index in [2.05, 4.69) is 21.0 Å². The Labute approximate surface area is 194 Å². The number of nitrogens with one attached hydrogen (secondary N) is 2. The summed E-state index contributed by atoms with van der Waals surface area (Å²) in [7, 11) is 0. The van der Waals surface area contributed by atoms with Crippen molar-refractivity contribution in [2.24, 2.45) is 0 Å². The Morgan fingerprint density at radius 1 is 0.909 bits per heavy atom. The molecule has 2 N–H and O–H groups in total. The largest absolute Gasteiger partial charge is 0.272 e. The lowest BCUT2D eigenvalue weighted by Gasteiger charge is -2.11. The number of nitrogens with zero attached hydrogens (tertiary/aromatic N) is 3. The Morgan fingerprint density at radius 2 is 1.61 bits per heavy atom. The van der Waals surface area contributed by atoms with E-state index in [1.54, 1.807) is 34.9 Å². The third-order valence-electron chi connectivity index (χ3n) is 4.72. The predicted molar refractivity (Wildman–Crippen MR) is 124 cm³/mol. The fourth-order valence-corrected chi connectivity index (χ4v) is 3.81. The Balaban J connectivity index is 1.48. The van der Waals surface area contributed by atoms with Crippen LogP contribution in [-0.4, -0.2) is 32.3 Å². The molecule has 9 heteroatoms. The second-order valence-electron chi connectivity index (χ2n) is 7.11. The highest BCUT2D eigenvalue weighted by Crippen LogP contribution is 2.29. The number of carbonyl (C=O) groups excluding carboxylic acids is 2. The molecule has 2 amide bonds. The average Bonchev–Trinajstić information content (AvgIpc) is 3.26. The lowest BCUT2D eigenvalue weighted by molar-refractivity contribution is -0.119. The van der Waals surface area contributed by atoms with Crippen molar-refractivity contribution < 1.29 is 14.0 Å². The van der Waals surface area contributed by atoms with E-state index in [0.29, 0.717) is 22.1 Å². The van der Waals surface area contributed by atoms with Crippen LogP contribution in [-0.2, 0) is 4.79 Å². The molecule has 166 valence electrons. The van der Waals surface area contributed by atoms with Gasteiger partial charge in [-0.2, -0.15) is 0 Å². The Hall–Kier alpha value is -3.98. The molecule has 0 fully saturated rings. The van der Waals surface area contributed by atoms with Crippen molar-refractivity contribution in [3.63, 3.8) is 0 Å². The summed E-state index contributed by atoms with van der Waals surface area (Å²) in [6.07, 6.45) is 0. The summed E-state index contributed by atoms with van der Waals surface area (Å²) in [6, 6.07) is 22.6. The maximum atomic E-state index is 14.4. The molecule has 1 aromatic heterocycles. The molecule has 0 saturated carbocycles. The summed E-state index contributed by atoms with van der Waals surface area (Å²) in [5, 5.41) is 8.76. The van der Waals surface area contributed by atoms with E-state index in [4.69, 9.17) is 0 Å². The fraction of sp³-hybridized carbons (Fsp3) is 0.0833. The molecule has 4 aromatic rings. The predicted octanol–water partition coefficient (Wildman–Crippen LogP) is 3.94. The molecule has 7 nitrogen and oxygen atoms in total. The monoisotopic (exact) mass is 461 g/mol. The van der Waals surface area contributed by atoms with Gasteiger partial charge in [-0.25, -0.2) is 4.39 Å². The van der Waals surface area contributed by atoms with Crippen LogP contribution in [0.5, 0.6) is 0 Å². The zero-order valence-corrected chi connectivity index (χ0v) is 18.5. The van der Waals surface area contributed by atoms with E-state index in [1.165, 1.54) is 6.07 Å². The molecule has 0 aliphatic carbocycles. The van der Waals surface area contributed by atoms with Crippen molar-refractivity contribution >= 4 is 23.6 Å². The Kier molecular flexibility index (Phi) is 6.80. The van der Waals surface area contributed by atoms with Gasteiger partial charge in [-0.15, -0.1) is 10.2 Å². The number of para-hydroxylation sites is 1. The van der Waals surface area contributed by atoms with Gasteiger partial charge in [0.05, 0.1) is 11.3 Å². The van der Waals surface area contributed by atoms with Crippen LogP contribution in [0.4, 0.5) is 4.39 Å². The molecule has 33 heavy (non-hydrogen) atoms.